The monoisotopic (exact) mass is 447 g/mol. The summed E-state index contributed by atoms with van der Waals surface area (Å²) in [5.41, 5.74) is 3.45. The summed E-state index contributed by atoms with van der Waals surface area (Å²) in [6.07, 6.45) is 1.63. The van der Waals surface area contributed by atoms with Crippen LogP contribution >= 0.6 is 0 Å². The van der Waals surface area contributed by atoms with Crippen molar-refractivity contribution in [3.8, 4) is 0 Å². The number of hydrogen-bond donors (Lipinski definition) is 1. The highest BCUT2D eigenvalue weighted by Gasteiger charge is 2.26. The van der Waals surface area contributed by atoms with Crippen LogP contribution in [-0.2, 0) is 11.3 Å². The molecule has 1 aliphatic rings. The van der Waals surface area contributed by atoms with Crippen molar-refractivity contribution in [3.63, 3.8) is 0 Å². The molecule has 3 aromatic rings. The summed E-state index contributed by atoms with van der Waals surface area (Å²) in [4.78, 5) is 26.8. The van der Waals surface area contributed by atoms with Crippen LogP contribution in [0, 0.1) is 5.92 Å². The Morgan fingerprint density at radius 1 is 1.24 bits per heavy atom. The summed E-state index contributed by atoms with van der Waals surface area (Å²) in [6, 6.07) is 13.8. The van der Waals surface area contributed by atoms with E-state index in [1.807, 2.05) is 61.6 Å². The van der Waals surface area contributed by atoms with Crippen molar-refractivity contribution >= 4 is 22.6 Å². The molecule has 1 saturated heterocycles. The fourth-order valence-corrected chi connectivity index (χ4v) is 4.16. The predicted octanol–water partition coefficient (Wildman–Crippen LogP) is 3.66. The number of ether oxygens (including phenoxy) is 1. The van der Waals surface area contributed by atoms with Gasteiger partial charge in [-0.15, -0.1) is 0 Å². The molecule has 1 aliphatic heterocycles. The summed E-state index contributed by atoms with van der Waals surface area (Å²) in [6.45, 7) is 7.77. The average Bonchev–Trinajstić information content (AvgIpc) is 2.82. The highest BCUT2D eigenvalue weighted by atomic mass is 16.5. The second-order valence-corrected chi connectivity index (χ2v) is 9.19. The minimum Gasteiger partial charge on any atom is -0.369 e. The van der Waals surface area contributed by atoms with E-state index >= 15 is 0 Å². The molecule has 33 heavy (non-hydrogen) atoms. The maximum absolute atomic E-state index is 13.0. The number of rotatable bonds is 7. The Morgan fingerprint density at radius 2 is 2.06 bits per heavy atom. The maximum Gasteiger partial charge on any atom is 0.252 e. The lowest BCUT2D eigenvalue weighted by molar-refractivity contribution is -0.0348. The minimum atomic E-state index is -0.195. The first kappa shape index (κ1) is 23.1. The third-order valence-electron chi connectivity index (χ3n) is 5.82. The number of carbonyl (C=O) groups excluding carboxylic acids is 1. The van der Waals surface area contributed by atoms with Gasteiger partial charge in [-0.05, 0) is 24.1 Å². The first-order valence-electron chi connectivity index (χ1n) is 11.6. The highest BCUT2D eigenvalue weighted by molar-refractivity contribution is 6.06. The molecule has 1 aromatic carbocycles. The quantitative estimate of drug-likeness (QED) is 0.596. The second-order valence-electron chi connectivity index (χ2n) is 9.19. The van der Waals surface area contributed by atoms with Gasteiger partial charge >= 0.3 is 0 Å². The fourth-order valence-electron chi connectivity index (χ4n) is 4.16. The number of fused-ring (bicyclic) bond motifs is 1. The summed E-state index contributed by atoms with van der Waals surface area (Å²) in [5.74, 6) is 1.30. The van der Waals surface area contributed by atoms with Gasteiger partial charge in [-0.2, -0.15) is 0 Å². The molecule has 4 rings (SSSR count). The van der Waals surface area contributed by atoms with Crippen molar-refractivity contribution in [1.82, 2.24) is 20.2 Å². The normalized spacial score (nSPS) is 16.8. The third-order valence-corrected chi connectivity index (χ3v) is 5.82. The summed E-state index contributed by atoms with van der Waals surface area (Å²) < 4.78 is 6.13. The number of carbonyl (C=O) groups is 1. The van der Waals surface area contributed by atoms with E-state index in [1.165, 1.54) is 5.56 Å². The highest BCUT2D eigenvalue weighted by Crippen LogP contribution is 2.27. The molecule has 2 aromatic heterocycles. The molecular formula is C26H33N5O2. The van der Waals surface area contributed by atoms with E-state index in [4.69, 9.17) is 9.72 Å². The van der Waals surface area contributed by atoms with Crippen LogP contribution in [0.1, 0.15) is 41.6 Å². The van der Waals surface area contributed by atoms with Crippen LogP contribution in [0.15, 0.2) is 48.7 Å². The van der Waals surface area contributed by atoms with E-state index in [2.05, 4.69) is 35.1 Å². The Morgan fingerprint density at radius 3 is 2.85 bits per heavy atom. The number of benzene rings is 1. The Bertz CT molecular complexity index is 1110. The van der Waals surface area contributed by atoms with Gasteiger partial charge in [0.15, 0.2) is 0 Å². The molecule has 0 aliphatic carbocycles. The number of amides is 1. The molecule has 174 valence electrons. The molecule has 1 N–H and O–H groups in total. The summed E-state index contributed by atoms with van der Waals surface area (Å²) >= 11 is 0. The summed E-state index contributed by atoms with van der Waals surface area (Å²) in [5, 5.41) is 3.91. The van der Waals surface area contributed by atoms with E-state index in [9.17, 15) is 4.79 Å². The minimum absolute atomic E-state index is 0.0674. The molecule has 7 nitrogen and oxygen atoms in total. The molecule has 1 atom stereocenters. The molecule has 1 fully saturated rings. The van der Waals surface area contributed by atoms with Crippen LogP contribution < -0.4 is 10.2 Å². The second kappa shape index (κ2) is 10.3. The lowest BCUT2D eigenvalue weighted by atomic mass is 10.0. The van der Waals surface area contributed by atoms with E-state index in [1.54, 1.807) is 0 Å². The lowest BCUT2D eigenvalue weighted by Crippen LogP contribution is -2.38. The number of pyridine rings is 2. The van der Waals surface area contributed by atoms with Gasteiger partial charge in [0.25, 0.3) is 5.91 Å². The van der Waals surface area contributed by atoms with Crippen molar-refractivity contribution in [2.24, 2.45) is 5.92 Å². The van der Waals surface area contributed by atoms with Gasteiger partial charge < -0.3 is 15.0 Å². The molecule has 0 spiro atoms. The molecule has 0 saturated carbocycles. The van der Waals surface area contributed by atoms with Crippen molar-refractivity contribution in [1.29, 1.82) is 0 Å². The van der Waals surface area contributed by atoms with E-state index in [-0.39, 0.29) is 12.0 Å². The number of hydrogen-bond acceptors (Lipinski definition) is 6. The Balaban J connectivity index is 1.59. The van der Waals surface area contributed by atoms with Crippen LogP contribution in [0.5, 0.6) is 0 Å². The number of aromatic nitrogens is 2. The molecule has 7 heteroatoms. The predicted molar refractivity (Wildman–Crippen MR) is 131 cm³/mol. The van der Waals surface area contributed by atoms with E-state index in [0.29, 0.717) is 31.2 Å². The van der Waals surface area contributed by atoms with Gasteiger partial charge in [0.1, 0.15) is 11.9 Å². The van der Waals surface area contributed by atoms with Crippen molar-refractivity contribution in [2.45, 2.75) is 26.5 Å². The Labute approximate surface area is 195 Å². The number of nitrogens with zero attached hydrogens (tertiary/aromatic N) is 4. The number of morpholine rings is 1. The van der Waals surface area contributed by atoms with Crippen LogP contribution in [0.25, 0.3) is 10.9 Å². The zero-order valence-corrected chi connectivity index (χ0v) is 19.9. The van der Waals surface area contributed by atoms with Crippen LogP contribution in [0.3, 0.4) is 0 Å². The van der Waals surface area contributed by atoms with Gasteiger partial charge in [0.05, 0.1) is 23.4 Å². The van der Waals surface area contributed by atoms with Gasteiger partial charge in [-0.25, -0.2) is 9.97 Å². The number of para-hydroxylation sites is 1. The SMILES string of the molecule is CC(C)CNC(=O)c1cc([C@@H]2CN(Cc3cccnc3N(C)C)CCO2)nc2ccccc12. The van der Waals surface area contributed by atoms with E-state index < -0.39 is 0 Å². The number of nitrogens with one attached hydrogen (secondary N) is 1. The first-order chi connectivity index (χ1) is 15.9. The standard InChI is InChI=1S/C26H33N5O2/c1-18(2)15-28-26(32)21-14-23(29-22-10-6-5-9-20(21)22)24-17-31(12-13-33-24)16-19-8-7-11-27-25(19)30(3)4/h5-11,14,18,24H,12-13,15-17H2,1-4H3,(H,28,32)/t24-/m0/s1. The molecule has 0 radical (unpaired) electrons. The van der Waals surface area contributed by atoms with Crippen molar-refractivity contribution in [3.05, 3.63) is 65.5 Å². The molecule has 0 unspecified atom stereocenters. The van der Waals surface area contributed by atoms with Gasteiger partial charge in [-0.3, -0.25) is 9.69 Å². The van der Waals surface area contributed by atoms with Crippen molar-refractivity contribution in [2.75, 3.05) is 45.2 Å². The Kier molecular flexibility index (Phi) is 7.20. The van der Waals surface area contributed by atoms with E-state index in [0.717, 1.165) is 35.5 Å². The van der Waals surface area contributed by atoms with Gasteiger partial charge in [0, 0.05) is 57.4 Å². The number of anilines is 1. The van der Waals surface area contributed by atoms with Crippen molar-refractivity contribution < 1.29 is 9.53 Å². The zero-order valence-electron chi connectivity index (χ0n) is 19.9. The molecule has 1 amide bonds. The first-order valence-corrected chi connectivity index (χ1v) is 11.6. The average molecular weight is 448 g/mol. The maximum atomic E-state index is 13.0. The van der Waals surface area contributed by atoms with Gasteiger partial charge in [-0.1, -0.05) is 38.1 Å². The van der Waals surface area contributed by atoms with Crippen LogP contribution in [-0.4, -0.2) is 61.1 Å². The Hall–Kier alpha value is -3.03. The smallest absolute Gasteiger partial charge is 0.252 e. The third kappa shape index (κ3) is 5.49. The molecular weight excluding hydrogens is 414 g/mol. The van der Waals surface area contributed by atoms with Gasteiger partial charge in [0.2, 0.25) is 0 Å². The fraction of sp³-hybridized carbons (Fsp3) is 0.423. The van der Waals surface area contributed by atoms with Crippen LogP contribution in [0.2, 0.25) is 0 Å². The molecule has 3 heterocycles. The van der Waals surface area contributed by atoms with Crippen LogP contribution in [0.4, 0.5) is 5.82 Å². The zero-order chi connectivity index (χ0) is 23.4. The largest absolute Gasteiger partial charge is 0.369 e. The lowest BCUT2D eigenvalue weighted by Gasteiger charge is -2.33. The topological polar surface area (TPSA) is 70.6 Å². The molecule has 0 bridgehead atoms. The summed E-state index contributed by atoms with van der Waals surface area (Å²) in [7, 11) is 4.03.